The molecule has 0 bridgehead atoms. The average molecular weight is 267 g/mol. The highest BCUT2D eigenvalue weighted by Crippen LogP contribution is 2.33. The number of nitrogens with zero attached hydrogens (tertiary/aromatic N) is 3. The minimum atomic E-state index is 0. The topological polar surface area (TPSA) is 55.9 Å². The summed E-state index contributed by atoms with van der Waals surface area (Å²) in [5, 5.41) is 12.1. The van der Waals surface area contributed by atoms with Gasteiger partial charge in [-0.05, 0) is 12.8 Å². The molecule has 0 radical (unpaired) electrons. The number of halogens is 1. The molecule has 2 aromatic rings. The first kappa shape index (κ1) is 11.7. The van der Waals surface area contributed by atoms with Crippen molar-refractivity contribution in [2.75, 3.05) is 6.54 Å². The van der Waals surface area contributed by atoms with Gasteiger partial charge in [0, 0.05) is 37.2 Å². The lowest BCUT2D eigenvalue weighted by Gasteiger charge is -2.11. The number of hydrogen-bond donors (Lipinski definition) is 1. The zero-order chi connectivity index (χ0) is 11.2. The van der Waals surface area contributed by atoms with E-state index in [1.165, 1.54) is 16.8 Å². The van der Waals surface area contributed by atoms with Gasteiger partial charge < -0.3 is 9.84 Å². The molecule has 18 heavy (non-hydrogen) atoms. The molecule has 0 aliphatic carbocycles. The van der Waals surface area contributed by atoms with Crippen LogP contribution in [0.2, 0.25) is 0 Å². The summed E-state index contributed by atoms with van der Waals surface area (Å²) < 4.78 is 7.55. The van der Waals surface area contributed by atoms with E-state index in [9.17, 15) is 0 Å². The lowest BCUT2D eigenvalue weighted by Crippen LogP contribution is -2.23. The third kappa shape index (κ3) is 1.58. The monoisotopic (exact) mass is 266 g/mol. The van der Waals surface area contributed by atoms with Gasteiger partial charge in [0.15, 0.2) is 5.76 Å². The van der Waals surface area contributed by atoms with Gasteiger partial charge in [-0.15, -0.1) is 12.4 Å². The molecule has 6 heteroatoms. The van der Waals surface area contributed by atoms with Crippen LogP contribution in [-0.2, 0) is 25.9 Å². The largest absolute Gasteiger partial charge is 0.354 e. The van der Waals surface area contributed by atoms with E-state index < -0.39 is 0 Å². The fourth-order valence-corrected chi connectivity index (χ4v) is 2.82. The van der Waals surface area contributed by atoms with Crippen molar-refractivity contribution in [2.24, 2.45) is 0 Å². The van der Waals surface area contributed by atoms with E-state index in [2.05, 4.69) is 15.2 Å². The van der Waals surface area contributed by atoms with Crippen LogP contribution in [0.3, 0.4) is 0 Å². The number of fused-ring (bicyclic) bond motifs is 5. The molecule has 0 atom stereocenters. The second-order valence-corrected chi connectivity index (χ2v) is 4.71. The van der Waals surface area contributed by atoms with Gasteiger partial charge in [0.2, 0.25) is 0 Å². The number of nitrogens with one attached hydrogen (secondary N) is 1. The predicted octanol–water partition coefficient (Wildman–Crippen LogP) is 1.55. The summed E-state index contributed by atoms with van der Waals surface area (Å²) in [7, 11) is 0. The van der Waals surface area contributed by atoms with Crippen molar-refractivity contribution in [3.63, 3.8) is 0 Å². The summed E-state index contributed by atoms with van der Waals surface area (Å²) in [5.41, 5.74) is 4.90. The minimum Gasteiger partial charge on any atom is -0.354 e. The van der Waals surface area contributed by atoms with Gasteiger partial charge in [-0.3, -0.25) is 4.68 Å². The SMILES string of the molecule is Cl.c1noc2c1CCCn1nc3c(c1-2)CNCC3. The van der Waals surface area contributed by atoms with Crippen molar-refractivity contribution in [1.82, 2.24) is 20.3 Å². The van der Waals surface area contributed by atoms with Crippen LogP contribution in [0, 0.1) is 0 Å². The summed E-state index contributed by atoms with van der Waals surface area (Å²) in [4.78, 5) is 0. The summed E-state index contributed by atoms with van der Waals surface area (Å²) in [6, 6.07) is 0. The maximum Gasteiger partial charge on any atom is 0.188 e. The molecule has 2 aromatic heterocycles. The standard InChI is InChI=1S/C12H14N4O.ClH/c1-2-8-6-14-17-12(8)11-9-7-13-4-3-10(9)15-16(11)5-1;/h6,13H,1-5,7H2;1H. The number of aromatic nitrogens is 3. The summed E-state index contributed by atoms with van der Waals surface area (Å²) >= 11 is 0. The Morgan fingerprint density at radius 2 is 2.28 bits per heavy atom. The van der Waals surface area contributed by atoms with Gasteiger partial charge in [0.05, 0.1) is 11.9 Å². The number of rotatable bonds is 0. The van der Waals surface area contributed by atoms with Gasteiger partial charge >= 0.3 is 0 Å². The van der Waals surface area contributed by atoms with Crippen LogP contribution in [0.5, 0.6) is 0 Å². The Morgan fingerprint density at radius 1 is 1.33 bits per heavy atom. The Balaban J connectivity index is 0.000001000. The van der Waals surface area contributed by atoms with Gasteiger partial charge in [-0.25, -0.2) is 0 Å². The van der Waals surface area contributed by atoms with Gasteiger partial charge in [-0.2, -0.15) is 5.10 Å². The average Bonchev–Trinajstić information content (AvgIpc) is 2.90. The molecule has 0 saturated carbocycles. The molecule has 0 saturated heterocycles. The highest BCUT2D eigenvalue weighted by atomic mass is 35.5. The summed E-state index contributed by atoms with van der Waals surface area (Å²) in [5.74, 6) is 0.931. The predicted molar refractivity (Wildman–Crippen MR) is 68.7 cm³/mol. The molecule has 0 fully saturated rings. The molecule has 0 amide bonds. The lowest BCUT2D eigenvalue weighted by atomic mass is 10.0. The van der Waals surface area contributed by atoms with Crippen molar-refractivity contribution in [3.05, 3.63) is 23.0 Å². The van der Waals surface area contributed by atoms with Crippen molar-refractivity contribution < 1.29 is 4.52 Å². The van der Waals surface area contributed by atoms with Crippen LogP contribution in [0.15, 0.2) is 10.7 Å². The lowest BCUT2D eigenvalue weighted by molar-refractivity contribution is 0.427. The van der Waals surface area contributed by atoms with E-state index in [1.807, 2.05) is 6.20 Å². The maximum absolute atomic E-state index is 5.45. The summed E-state index contributed by atoms with van der Waals surface area (Å²) in [6.45, 7) is 2.89. The van der Waals surface area contributed by atoms with E-state index >= 15 is 0 Å². The molecule has 5 nitrogen and oxygen atoms in total. The van der Waals surface area contributed by atoms with Crippen LogP contribution in [0.25, 0.3) is 11.5 Å². The van der Waals surface area contributed by atoms with Gasteiger partial charge in [-0.1, -0.05) is 5.16 Å². The second kappa shape index (κ2) is 4.40. The molecule has 0 unspecified atom stereocenters. The van der Waals surface area contributed by atoms with Gasteiger partial charge in [0.1, 0.15) is 5.69 Å². The van der Waals surface area contributed by atoms with Crippen molar-refractivity contribution >= 4 is 12.4 Å². The Morgan fingerprint density at radius 3 is 3.22 bits per heavy atom. The smallest absolute Gasteiger partial charge is 0.188 e. The Kier molecular flexibility index (Phi) is 2.87. The Hall–Kier alpha value is -1.33. The van der Waals surface area contributed by atoms with Crippen LogP contribution in [0.4, 0.5) is 0 Å². The highest BCUT2D eigenvalue weighted by Gasteiger charge is 2.27. The number of aryl methyl sites for hydroxylation is 2. The third-order valence-electron chi connectivity index (χ3n) is 3.65. The van der Waals surface area contributed by atoms with Crippen molar-refractivity contribution in [1.29, 1.82) is 0 Å². The number of hydrogen-bond acceptors (Lipinski definition) is 4. The zero-order valence-electron chi connectivity index (χ0n) is 9.98. The molecule has 96 valence electrons. The Labute approximate surface area is 111 Å². The molecule has 4 heterocycles. The van der Waals surface area contributed by atoms with E-state index in [0.717, 1.165) is 50.4 Å². The fraction of sp³-hybridized carbons (Fsp3) is 0.500. The van der Waals surface area contributed by atoms with Crippen LogP contribution >= 0.6 is 12.4 Å². The molecule has 0 spiro atoms. The van der Waals surface area contributed by atoms with E-state index in [-0.39, 0.29) is 12.4 Å². The fourth-order valence-electron chi connectivity index (χ4n) is 2.82. The summed E-state index contributed by atoms with van der Waals surface area (Å²) in [6.07, 6.45) is 5.00. The normalized spacial score (nSPS) is 17.1. The van der Waals surface area contributed by atoms with Crippen molar-refractivity contribution in [2.45, 2.75) is 32.4 Å². The molecular formula is C12H15ClN4O. The Bertz CT molecular complexity index is 575. The van der Waals surface area contributed by atoms with Crippen LogP contribution < -0.4 is 5.32 Å². The van der Waals surface area contributed by atoms with Crippen LogP contribution in [0.1, 0.15) is 23.2 Å². The van der Waals surface area contributed by atoms with Gasteiger partial charge in [0.25, 0.3) is 0 Å². The van der Waals surface area contributed by atoms with E-state index in [1.54, 1.807) is 0 Å². The van der Waals surface area contributed by atoms with Crippen LogP contribution in [-0.4, -0.2) is 21.5 Å². The quantitative estimate of drug-likeness (QED) is 0.786. The molecule has 2 aliphatic heterocycles. The second-order valence-electron chi connectivity index (χ2n) is 4.71. The minimum absolute atomic E-state index is 0. The molecule has 0 aromatic carbocycles. The molecule has 2 aliphatic rings. The molecule has 1 N–H and O–H groups in total. The third-order valence-corrected chi connectivity index (χ3v) is 3.65. The van der Waals surface area contributed by atoms with Crippen molar-refractivity contribution in [3.8, 4) is 11.5 Å². The zero-order valence-corrected chi connectivity index (χ0v) is 10.8. The first-order chi connectivity index (χ1) is 8.43. The maximum atomic E-state index is 5.45. The van der Waals surface area contributed by atoms with E-state index in [0.29, 0.717) is 0 Å². The molecule has 4 rings (SSSR count). The highest BCUT2D eigenvalue weighted by molar-refractivity contribution is 5.85. The first-order valence-electron chi connectivity index (χ1n) is 6.16. The molecular weight excluding hydrogens is 252 g/mol. The first-order valence-corrected chi connectivity index (χ1v) is 6.16. The van der Waals surface area contributed by atoms with E-state index in [4.69, 9.17) is 9.62 Å².